The van der Waals surface area contributed by atoms with E-state index in [1.807, 2.05) is 25.8 Å². The van der Waals surface area contributed by atoms with Gasteiger partial charge in [-0.2, -0.15) is 0 Å². The lowest BCUT2D eigenvalue weighted by Gasteiger charge is -2.71. The third-order valence-electron chi connectivity index (χ3n) is 9.93. The van der Waals surface area contributed by atoms with Crippen LogP contribution in [0.5, 0.6) is 0 Å². The summed E-state index contributed by atoms with van der Waals surface area (Å²) < 4.78 is 12.4. The number of ketones is 1. The van der Waals surface area contributed by atoms with Crippen molar-refractivity contribution < 1.29 is 34.4 Å². The maximum Gasteiger partial charge on any atom is 0.320 e. The number of Topliss-reactive ketones (excluding diaryl/α,β-unsaturated/α-hetero) is 1. The zero-order valence-corrected chi connectivity index (χ0v) is 23.8. The number of piperazine rings is 1. The van der Waals surface area contributed by atoms with Crippen molar-refractivity contribution in [3.05, 3.63) is 12.7 Å². The van der Waals surface area contributed by atoms with Gasteiger partial charge in [-0.3, -0.25) is 14.5 Å². The van der Waals surface area contributed by atoms with Crippen LogP contribution in [0.2, 0.25) is 0 Å². The molecule has 0 radical (unpaired) electrons. The molecule has 0 amide bonds. The average Bonchev–Trinajstić information content (AvgIpc) is 2.79. The van der Waals surface area contributed by atoms with Gasteiger partial charge in [0, 0.05) is 43.9 Å². The number of rotatable bonds is 4. The monoisotopic (exact) mass is 544 g/mol. The maximum absolute atomic E-state index is 13.9. The fourth-order valence-corrected chi connectivity index (χ4v) is 7.85. The smallest absolute Gasteiger partial charge is 0.320 e. The molecular weight excluding hydrogens is 500 g/mol. The predicted octanol–water partition coefficient (Wildman–Crippen LogP) is 1.17. The van der Waals surface area contributed by atoms with Crippen molar-refractivity contribution in [2.45, 2.75) is 89.0 Å². The van der Waals surface area contributed by atoms with Gasteiger partial charge in [-0.05, 0) is 39.2 Å². The van der Waals surface area contributed by atoms with Gasteiger partial charge in [-0.15, -0.1) is 19.0 Å². The third-order valence-corrected chi connectivity index (χ3v) is 9.93. The highest BCUT2D eigenvalue weighted by Gasteiger charge is 2.81. The number of carbonyl (C=O) groups excluding carboxylic acids is 2. The first-order valence-electron chi connectivity index (χ1n) is 13.1. The second-order valence-corrected chi connectivity index (χ2v) is 12.8. The Labute approximate surface area is 226 Å². The van der Waals surface area contributed by atoms with Crippen molar-refractivity contribution in [1.29, 1.82) is 0 Å². The summed E-state index contributed by atoms with van der Waals surface area (Å²) in [5.74, 6) is -1.78. The number of halogens is 1. The number of esters is 1. The number of ether oxygens (including phenoxy) is 2. The van der Waals surface area contributed by atoms with E-state index in [9.17, 15) is 24.9 Å². The van der Waals surface area contributed by atoms with Crippen LogP contribution in [0.1, 0.15) is 53.9 Å². The molecule has 4 fully saturated rings. The molecule has 3 N–H and O–H groups in total. The SMILES string of the molecule is C=C[C@@]1(C)CC(=O)[C@]2(O)[C@@]3(C)[C@@H](O)CCC(C)(C)[C@@H]3[C@H](O)[C@H](OC(=O)CN3CCN(C)CC3)[C@@]2(C)O1.Cl. The van der Waals surface area contributed by atoms with E-state index in [1.165, 1.54) is 13.0 Å². The number of carbonyl (C=O) groups is 2. The summed E-state index contributed by atoms with van der Waals surface area (Å²) in [6, 6.07) is 0. The van der Waals surface area contributed by atoms with Crippen molar-refractivity contribution in [2.24, 2.45) is 16.7 Å². The van der Waals surface area contributed by atoms with Crippen LogP contribution in [0, 0.1) is 16.7 Å². The van der Waals surface area contributed by atoms with Gasteiger partial charge >= 0.3 is 5.97 Å². The Hall–Kier alpha value is -1.07. The fraction of sp³-hybridized carbons (Fsp3) is 0.852. The maximum atomic E-state index is 13.9. The third kappa shape index (κ3) is 4.39. The molecule has 212 valence electrons. The van der Waals surface area contributed by atoms with Gasteiger partial charge in [0.1, 0.15) is 5.60 Å². The summed E-state index contributed by atoms with van der Waals surface area (Å²) in [5.41, 5.74) is -7.14. The minimum absolute atomic E-state index is 0. The van der Waals surface area contributed by atoms with Crippen molar-refractivity contribution in [3.63, 3.8) is 0 Å². The molecule has 0 aromatic heterocycles. The first-order valence-corrected chi connectivity index (χ1v) is 13.1. The molecule has 0 aromatic rings. The molecule has 2 heterocycles. The average molecular weight is 545 g/mol. The molecule has 10 heteroatoms. The van der Waals surface area contributed by atoms with Crippen molar-refractivity contribution >= 4 is 24.2 Å². The van der Waals surface area contributed by atoms with Gasteiger partial charge in [0.15, 0.2) is 17.5 Å². The molecule has 9 nitrogen and oxygen atoms in total. The van der Waals surface area contributed by atoms with E-state index in [0.29, 0.717) is 25.9 Å². The minimum Gasteiger partial charge on any atom is -0.455 e. The van der Waals surface area contributed by atoms with Crippen LogP contribution in [-0.4, -0.2) is 112 Å². The summed E-state index contributed by atoms with van der Waals surface area (Å²) in [4.78, 5) is 31.3. The minimum atomic E-state index is -2.21. The van der Waals surface area contributed by atoms with Gasteiger partial charge in [-0.1, -0.05) is 26.8 Å². The Balaban J connectivity index is 0.00000380. The van der Waals surface area contributed by atoms with E-state index in [-0.39, 0.29) is 25.4 Å². The van der Waals surface area contributed by atoms with E-state index < -0.39 is 63.6 Å². The largest absolute Gasteiger partial charge is 0.455 e. The number of likely N-dealkylation sites (N-methyl/N-ethyl adjacent to an activating group) is 1. The lowest BCUT2D eigenvalue weighted by molar-refractivity contribution is -0.370. The second-order valence-electron chi connectivity index (χ2n) is 12.8. The lowest BCUT2D eigenvalue weighted by Crippen LogP contribution is -2.86. The van der Waals surface area contributed by atoms with Gasteiger partial charge < -0.3 is 29.7 Å². The highest BCUT2D eigenvalue weighted by atomic mass is 35.5. The summed E-state index contributed by atoms with van der Waals surface area (Å²) in [5, 5.41) is 35.7. The summed E-state index contributed by atoms with van der Waals surface area (Å²) in [6.07, 6.45) is -1.35. The molecule has 2 aliphatic carbocycles. The van der Waals surface area contributed by atoms with E-state index in [2.05, 4.69) is 11.5 Å². The van der Waals surface area contributed by atoms with Gasteiger partial charge in [0.2, 0.25) is 0 Å². The zero-order valence-electron chi connectivity index (χ0n) is 23.0. The highest BCUT2D eigenvalue weighted by Crippen LogP contribution is 2.67. The summed E-state index contributed by atoms with van der Waals surface area (Å²) in [7, 11) is 2.03. The van der Waals surface area contributed by atoms with Crippen LogP contribution < -0.4 is 0 Å². The molecule has 2 saturated carbocycles. The Morgan fingerprint density at radius 2 is 1.76 bits per heavy atom. The second kappa shape index (κ2) is 9.84. The Kier molecular flexibility index (Phi) is 8.10. The Bertz CT molecular complexity index is 924. The normalized spacial score (nSPS) is 46.2. The summed E-state index contributed by atoms with van der Waals surface area (Å²) in [6.45, 7) is 15.7. The molecule has 0 spiro atoms. The van der Waals surface area contributed by atoms with E-state index in [0.717, 1.165) is 13.1 Å². The molecule has 4 rings (SSSR count). The molecule has 8 atom stereocenters. The van der Waals surface area contributed by atoms with Crippen LogP contribution >= 0.6 is 12.4 Å². The first kappa shape index (κ1) is 30.5. The first-order chi connectivity index (χ1) is 16.6. The molecule has 0 bridgehead atoms. The molecule has 2 aliphatic heterocycles. The molecular formula is C27H45ClN2O7. The Morgan fingerprint density at radius 1 is 1.16 bits per heavy atom. The van der Waals surface area contributed by atoms with Gasteiger partial charge in [0.25, 0.3) is 0 Å². The number of hydrogen-bond donors (Lipinski definition) is 3. The van der Waals surface area contributed by atoms with E-state index in [1.54, 1.807) is 13.8 Å². The van der Waals surface area contributed by atoms with Crippen molar-refractivity contribution in [3.8, 4) is 0 Å². The van der Waals surface area contributed by atoms with E-state index in [4.69, 9.17) is 9.47 Å². The quantitative estimate of drug-likeness (QED) is 0.354. The van der Waals surface area contributed by atoms with Gasteiger partial charge in [0.05, 0.1) is 24.4 Å². The zero-order chi connectivity index (χ0) is 26.9. The van der Waals surface area contributed by atoms with Gasteiger partial charge in [-0.25, -0.2) is 0 Å². The number of hydrogen-bond acceptors (Lipinski definition) is 9. The van der Waals surface area contributed by atoms with Crippen LogP contribution in [0.25, 0.3) is 0 Å². The number of nitrogens with zero attached hydrogens (tertiary/aromatic N) is 2. The Morgan fingerprint density at radius 3 is 2.32 bits per heavy atom. The summed E-state index contributed by atoms with van der Waals surface area (Å²) >= 11 is 0. The number of aliphatic hydroxyl groups excluding tert-OH is 2. The molecule has 37 heavy (non-hydrogen) atoms. The molecule has 4 aliphatic rings. The van der Waals surface area contributed by atoms with Crippen LogP contribution in [0.15, 0.2) is 12.7 Å². The van der Waals surface area contributed by atoms with Crippen LogP contribution in [0.4, 0.5) is 0 Å². The number of fused-ring (bicyclic) bond motifs is 3. The lowest BCUT2D eigenvalue weighted by atomic mass is 9.40. The van der Waals surface area contributed by atoms with Crippen molar-refractivity contribution in [2.75, 3.05) is 39.8 Å². The molecule has 2 saturated heterocycles. The van der Waals surface area contributed by atoms with E-state index >= 15 is 0 Å². The standard InChI is InChI=1S/C27H44N2O7.ClH/c1-8-24(4)15-18(31)27(34)25(5)17(30)9-10-23(2,3)21(25)20(33)22(26(27,6)36-24)35-19(32)16-29-13-11-28(7)12-14-29;/h8,17,20-22,30,33-34H,1,9-16H2,2-7H3;1H/t17-,20-,21-,22-,24-,25-,26+,27-;/m0./s1. The molecule has 0 unspecified atom stereocenters. The highest BCUT2D eigenvalue weighted by molar-refractivity contribution is 5.92. The van der Waals surface area contributed by atoms with Crippen LogP contribution in [-0.2, 0) is 19.1 Å². The molecule has 0 aromatic carbocycles. The number of aliphatic hydroxyl groups is 3. The fourth-order valence-electron chi connectivity index (χ4n) is 7.85. The topological polar surface area (TPSA) is 120 Å². The van der Waals surface area contributed by atoms with Crippen LogP contribution in [0.3, 0.4) is 0 Å². The van der Waals surface area contributed by atoms with Crippen molar-refractivity contribution in [1.82, 2.24) is 9.80 Å². The predicted molar refractivity (Wildman–Crippen MR) is 140 cm³/mol.